The van der Waals surface area contributed by atoms with Crippen LogP contribution in [0.5, 0.6) is 0 Å². The summed E-state index contributed by atoms with van der Waals surface area (Å²) in [5, 5.41) is 0. The molecule has 2 aromatic rings. The van der Waals surface area contributed by atoms with E-state index in [0.717, 1.165) is 0 Å². The van der Waals surface area contributed by atoms with Gasteiger partial charge in [-0.15, -0.1) is 0 Å². The first-order valence-electron chi connectivity index (χ1n) is 5.63. The first kappa shape index (κ1) is 21.6. The number of nitrogens with two attached hydrogens (primary N) is 2. The molecule has 0 heterocycles. The van der Waals surface area contributed by atoms with Gasteiger partial charge in [-0.25, -0.2) is 16.8 Å². The summed E-state index contributed by atoms with van der Waals surface area (Å²) in [6, 6.07) is 10.2. The quantitative estimate of drug-likeness (QED) is 0.423. The fourth-order valence-electron chi connectivity index (χ4n) is 1.27. The van der Waals surface area contributed by atoms with Crippen LogP contribution in [0.15, 0.2) is 58.3 Å². The summed E-state index contributed by atoms with van der Waals surface area (Å²) in [7, 11) is -8.65. The Bertz CT molecular complexity index is 761. The minimum atomic E-state index is -4.33. The Labute approximate surface area is 150 Å². The zero-order chi connectivity index (χ0) is 17.0. The average molecular weight is 369 g/mol. The summed E-state index contributed by atoms with van der Waals surface area (Å²) in [6.45, 7) is 0. The molecular formula is C12H12MgN2O6S2. The van der Waals surface area contributed by atoms with Crippen LogP contribution in [0, 0.1) is 0 Å². The van der Waals surface area contributed by atoms with Gasteiger partial charge in [0.2, 0.25) is 0 Å². The molecule has 2 aromatic carbocycles. The Kier molecular flexibility index (Phi) is 7.96. The van der Waals surface area contributed by atoms with Crippen molar-refractivity contribution in [2.45, 2.75) is 9.79 Å². The molecule has 0 amide bonds. The second kappa shape index (κ2) is 8.47. The van der Waals surface area contributed by atoms with Crippen molar-refractivity contribution in [3.05, 3.63) is 48.5 Å². The van der Waals surface area contributed by atoms with Crippen molar-refractivity contribution in [2.24, 2.45) is 0 Å². The fourth-order valence-corrected chi connectivity index (χ4v) is 2.21. The van der Waals surface area contributed by atoms with Gasteiger partial charge in [0.25, 0.3) is 0 Å². The summed E-state index contributed by atoms with van der Waals surface area (Å²) in [5.74, 6) is 0. The minimum absolute atomic E-state index is 0. The smallest absolute Gasteiger partial charge is 0.744 e. The molecule has 0 bridgehead atoms. The molecule has 0 aromatic heterocycles. The molecule has 0 radical (unpaired) electrons. The van der Waals surface area contributed by atoms with E-state index in [2.05, 4.69) is 0 Å². The summed E-state index contributed by atoms with van der Waals surface area (Å²) in [6.07, 6.45) is 0. The van der Waals surface area contributed by atoms with Crippen molar-refractivity contribution in [2.75, 3.05) is 11.5 Å². The molecule has 120 valence electrons. The molecule has 0 atom stereocenters. The van der Waals surface area contributed by atoms with E-state index in [-0.39, 0.29) is 32.8 Å². The zero-order valence-corrected chi connectivity index (χ0v) is 14.8. The third-order valence-electron chi connectivity index (χ3n) is 2.34. The number of hydrogen-bond donors (Lipinski definition) is 2. The summed E-state index contributed by atoms with van der Waals surface area (Å²) in [4.78, 5) is -0.515. The maximum atomic E-state index is 10.3. The molecule has 0 saturated heterocycles. The Morgan fingerprint density at radius 3 is 1.00 bits per heavy atom. The Morgan fingerprint density at radius 2 is 0.826 bits per heavy atom. The average Bonchev–Trinajstić information content (AvgIpc) is 2.38. The molecule has 8 nitrogen and oxygen atoms in total. The van der Waals surface area contributed by atoms with Crippen molar-refractivity contribution >= 4 is 54.7 Å². The van der Waals surface area contributed by atoms with Crippen LogP contribution in [-0.2, 0) is 20.2 Å². The van der Waals surface area contributed by atoms with Gasteiger partial charge in [0.1, 0.15) is 20.2 Å². The first-order valence-corrected chi connectivity index (χ1v) is 8.44. The van der Waals surface area contributed by atoms with Crippen LogP contribution in [0.3, 0.4) is 0 Å². The number of rotatable bonds is 2. The van der Waals surface area contributed by atoms with E-state index in [0.29, 0.717) is 11.4 Å². The van der Waals surface area contributed by atoms with Gasteiger partial charge in [-0.2, -0.15) is 0 Å². The number of hydrogen-bond acceptors (Lipinski definition) is 8. The maximum Gasteiger partial charge on any atom is 2.00 e. The van der Waals surface area contributed by atoms with Gasteiger partial charge in [0, 0.05) is 11.4 Å². The normalized spacial score (nSPS) is 10.9. The largest absolute Gasteiger partial charge is 2.00 e. The van der Waals surface area contributed by atoms with Crippen molar-refractivity contribution in [1.82, 2.24) is 0 Å². The Hall–Kier alpha value is -1.37. The van der Waals surface area contributed by atoms with Crippen molar-refractivity contribution < 1.29 is 25.9 Å². The van der Waals surface area contributed by atoms with E-state index >= 15 is 0 Å². The molecule has 0 aliphatic rings. The zero-order valence-electron chi connectivity index (χ0n) is 11.7. The van der Waals surface area contributed by atoms with Crippen LogP contribution in [0.4, 0.5) is 11.4 Å². The van der Waals surface area contributed by atoms with E-state index in [1.54, 1.807) is 0 Å². The minimum Gasteiger partial charge on any atom is -0.744 e. The second-order valence-corrected chi connectivity index (χ2v) is 6.81. The van der Waals surface area contributed by atoms with E-state index < -0.39 is 20.2 Å². The van der Waals surface area contributed by atoms with E-state index in [9.17, 15) is 25.9 Å². The molecule has 23 heavy (non-hydrogen) atoms. The Balaban J connectivity index is 0.000000403. The van der Waals surface area contributed by atoms with Gasteiger partial charge in [-0.3, -0.25) is 0 Å². The van der Waals surface area contributed by atoms with Crippen LogP contribution in [0.2, 0.25) is 0 Å². The summed E-state index contributed by atoms with van der Waals surface area (Å²) < 4.78 is 62.1. The van der Waals surface area contributed by atoms with Crippen molar-refractivity contribution in [1.29, 1.82) is 0 Å². The van der Waals surface area contributed by atoms with E-state index in [1.165, 1.54) is 48.5 Å². The van der Waals surface area contributed by atoms with Crippen LogP contribution in [0.25, 0.3) is 0 Å². The molecule has 0 unspecified atom stereocenters. The van der Waals surface area contributed by atoms with Gasteiger partial charge < -0.3 is 20.6 Å². The third kappa shape index (κ3) is 7.63. The summed E-state index contributed by atoms with van der Waals surface area (Å²) in [5.41, 5.74) is 11.4. The fraction of sp³-hybridized carbons (Fsp3) is 0. The molecule has 4 N–H and O–H groups in total. The van der Waals surface area contributed by atoms with Crippen LogP contribution in [0.1, 0.15) is 0 Å². The predicted molar refractivity (Wildman–Crippen MR) is 83.4 cm³/mol. The Morgan fingerprint density at radius 1 is 0.609 bits per heavy atom. The van der Waals surface area contributed by atoms with Gasteiger partial charge in [-0.1, -0.05) is 0 Å². The molecule has 0 spiro atoms. The van der Waals surface area contributed by atoms with Gasteiger partial charge in [-0.05, 0) is 48.5 Å². The third-order valence-corrected chi connectivity index (χ3v) is 4.04. The standard InChI is InChI=1S/2C6H7NO3S.Mg/c2*7-5-1-3-6(4-2-5)11(8,9)10;/h2*1-4H,7H2,(H,8,9,10);/q;;+2/p-2. The van der Waals surface area contributed by atoms with E-state index in [4.69, 9.17) is 11.5 Å². The van der Waals surface area contributed by atoms with Gasteiger partial charge in [0.05, 0.1) is 9.79 Å². The maximum absolute atomic E-state index is 10.3. The van der Waals surface area contributed by atoms with Gasteiger partial charge >= 0.3 is 23.1 Å². The number of anilines is 2. The predicted octanol–water partition coefficient (Wildman–Crippen LogP) is -0.0350. The molecule has 11 heteroatoms. The molecular weight excluding hydrogens is 357 g/mol. The topological polar surface area (TPSA) is 166 Å². The molecule has 2 rings (SSSR count). The van der Waals surface area contributed by atoms with Crippen LogP contribution >= 0.6 is 0 Å². The van der Waals surface area contributed by atoms with Gasteiger partial charge in [0.15, 0.2) is 0 Å². The molecule has 0 aliphatic heterocycles. The molecule has 0 fully saturated rings. The molecule has 0 aliphatic carbocycles. The van der Waals surface area contributed by atoms with E-state index in [1.807, 2.05) is 0 Å². The number of nitrogen functional groups attached to an aromatic ring is 2. The second-order valence-electron chi connectivity index (χ2n) is 4.05. The summed E-state index contributed by atoms with van der Waals surface area (Å²) >= 11 is 0. The number of benzene rings is 2. The van der Waals surface area contributed by atoms with Crippen molar-refractivity contribution in [3.63, 3.8) is 0 Å². The van der Waals surface area contributed by atoms with Crippen LogP contribution in [-0.4, -0.2) is 49.0 Å². The first-order chi connectivity index (χ1) is 10.00. The van der Waals surface area contributed by atoms with Crippen LogP contribution < -0.4 is 11.5 Å². The van der Waals surface area contributed by atoms with Crippen molar-refractivity contribution in [3.8, 4) is 0 Å². The molecule has 0 saturated carbocycles. The SMILES string of the molecule is Nc1ccc(S(=O)(=O)[O-])cc1.Nc1ccc(S(=O)(=O)[O-])cc1.[Mg+2]. The monoisotopic (exact) mass is 368 g/mol.